The van der Waals surface area contributed by atoms with Crippen LogP contribution in [-0.2, 0) is 19.4 Å². The molecule has 0 radical (unpaired) electrons. The Kier molecular flexibility index (Phi) is 8.05. The summed E-state index contributed by atoms with van der Waals surface area (Å²) in [5.74, 6) is -0.311. The van der Waals surface area contributed by atoms with E-state index in [0.29, 0.717) is 6.42 Å². The number of sulfone groups is 1. The number of nitrogens with two attached hydrogens (primary N) is 1. The molecule has 5 nitrogen and oxygen atoms in total. The molecule has 0 aliphatic heterocycles. The van der Waals surface area contributed by atoms with Crippen LogP contribution in [0.5, 0.6) is 0 Å². The molecule has 0 aromatic carbocycles. The van der Waals surface area contributed by atoms with E-state index < -0.39 is 27.4 Å². The molecule has 0 aromatic rings. The molecule has 1 atom stereocenters. The van der Waals surface area contributed by atoms with Crippen LogP contribution in [0, 0.1) is 0 Å². The number of ether oxygens (including phenoxy) is 1. The fraction of sp³-hybridized carbons (Fsp3) is 0.786. The molecule has 0 aromatic heterocycles. The quantitative estimate of drug-likeness (QED) is 0.548. The van der Waals surface area contributed by atoms with Crippen molar-refractivity contribution in [2.75, 3.05) is 5.75 Å². The molecule has 0 saturated carbocycles. The summed E-state index contributed by atoms with van der Waals surface area (Å²) in [6, 6.07) is -0.647. The molecule has 0 fully saturated rings. The Morgan fingerprint density at radius 3 is 2.40 bits per heavy atom. The molecule has 118 valence electrons. The number of hydrogen-bond donors (Lipinski definition) is 1. The predicted octanol–water partition coefficient (Wildman–Crippen LogP) is 2.16. The van der Waals surface area contributed by atoms with Crippen molar-refractivity contribution >= 4 is 15.8 Å². The minimum absolute atomic E-state index is 0.0295. The molecule has 0 unspecified atom stereocenters. The summed E-state index contributed by atoms with van der Waals surface area (Å²) in [7, 11) is -3.23. The number of rotatable bonds is 8. The van der Waals surface area contributed by atoms with Crippen molar-refractivity contribution in [3.63, 3.8) is 0 Å². The van der Waals surface area contributed by atoms with E-state index in [-0.39, 0.29) is 12.2 Å². The summed E-state index contributed by atoms with van der Waals surface area (Å²) in [5, 5.41) is 1.11. The topological polar surface area (TPSA) is 86.5 Å². The minimum atomic E-state index is -3.23. The Labute approximate surface area is 122 Å². The number of carbonyl (C=O) groups excluding carboxylic acids is 1. The molecule has 0 aliphatic carbocycles. The van der Waals surface area contributed by atoms with Crippen LogP contribution in [0.15, 0.2) is 11.5 Å². The van der Waals surface area contributed by atoms with E-state index in [9.17, 15) is 13.2 Å². The van der Waals surface area contributed by atoms with E-state index in [1.807, 2.05) is 6.92 Å². The Bertz CT molecular complexity index is 421. The second kappa shape index (κ2) is 8.42. The molecular formula is C14H27NO4S. The lowest BCUT2D eigenvalue weighted by Gasteiger charge is -2.20. The van der Waals surface area contributed by atoms with Gasteiger partial charge in [0, 0.05) is 11.4 Å². The van der Waals surface area contributed by atoms with Crippen molar-refractivity contribution in [1.82, 2.24) is 0 Å². The first-order chi connectivity index (χ1) is 9.06. The van der Waals surface area contributed by atoms with E-state index >= 15 is 0 Å². The molecule has 0 heterocycles. The van der Waals surface area contributed by atoms with Crippen molar-refractivity contribution < 1.29 is 17.9 Å². The van der Waals surface area contributed by atoms with E-state index in [1.165, 1.54) is 6.08 Å². The summed E-state index contributed by atoms with van der Waals surface area (Å²) in [4.78, 5) is 11.5. The zero-order chi connectivity index (χ0) is 15.8. The van der Waals surface area contributed by atoms with Gasteiger partial charge in [0.15, 0.2) is 9.84 Å². The Hall–Kier alpha value is -0.880. The standard InChI is InChI=1S/C14H27NO4S/c1-5-6-7-9-20(17,18)10-8-12(15)11-13(16)19-14(2,3)4/h8,10,12H,5-7,9,11,15H2,1-4H3/b10-8+/t12-/m1/s1. The Morgan fingerprint density at radius 2 is 1.90 bits per heavy atom. The molecule has 2 N–H and O–H groups in total. The zero-order valence-electron chi connectivity index (χ0n) is 12.9. The van der Waals surface area contributed by atoms with Crippen molar-refractivity contribution in [1.29, 1.82) is 0 Å². The summed E-state index contributed by atoms with van der Waals surface area (Å²) >= 11 is 0. The smallest absolute Gasteiger partial charge is 0.308 e. The number of esters is 1. The van der Waals surface area contributed by atoms with E-state index in [4.69, 9.17) is 10.5 Å². The highest BCUT2D eigenvalue weighted by Gasteiger charge is 2.18. The molecule has 0 rings (SSSR count). The molecular weight excluding hydrogens is 278 g/mol. The third kappa shape index (κ3) is 11.0. The van der Waals surface area contributed by atoms with Crippen LogP contribution in [0.25, 0.3) is 0 Å². The van der Waals surface area contributed by atoms with Crippen molar-refractivity contribution in [3.8, 4) is 0 Å². The van der Waals surface area contributed by atoms with Gasteiger partial charge in [-0.2, -0.15) is 0 Å². The number of hydrogen-bond acceptors (Lipinski definition) is 5. The van der Waals surface area contributed by atoms with E-state index in [2.05, 4.69) is 0 Å². The fourth-order valence-electron chi connectivity index (χ4n) is 1.49. The highest BCUT2D eigenvalue weighted by Crippen LogP contribution is 2.09. The second-order valence-electron chi connectivity index (χ2n) is 5.86. The first kappa shape index (κ1) is 19.1. The van der Waals surface area contributed by atoms with Crippen LogP contribution in [0.1, 0.15) is 53.4 Å². The molecule has 0 aliphatic rings. The van der Waals surface area contributed by atoms with Gasteiger partial charge in [-0.15, -0.1) is 0 Å². The lowest BCUT2D eigenvalue weighted by atomic mass is 10.2. The van der Waals surface area contributed by atoms with Gasteiger partial charge in [0.2, 0.25) is 0 Å². The molecule has 0 saturated heterocycles. The van der Waals surface area contributed by atoms with Crippen molar-refractivity contribution in [3.05, 3.63) is 11.5 Å². The number of unbranched alkanes of at least 4 members (excludes halogenated alkanes) is 2. The number of carbonyl (C=O) groups is 1. The fourth-order valence-corrected chi connectivity index (χ4v) is 2.67. The largest absolute Gasteiger partial charge is 0.460 e. The SMILES string of the molecule is CCCCCS(=O)(=O)/C=C/[C@@H](N)CC(=O)OC(C)(C)C. The van der Waals surface area contributed by atoms with Crippen LogP contribution in [0.3, 0.4) is 0 Å². The normalized spacial score (nSPS) is 14.4. The van der Waals surface area contributed by atoms with Gasteiger partial charge >= 0.3 is 5.97 Å². The zero-order valence-corrected chi connectivity index (χ0v) is 13.7. The maximum atomic E-state index is 11.7. The predicted molar refractivity (Wildman–Crippen MR) is 80.9 cm³/mol. The lowest BCUT2D eigenvalue weighted by Crippen LogP contribution is -2.29. The molecule has 20 heavy (non-hydrogen) atoms. The third-order valence-electron chi connectivity index (χ3n) is 2.39. The van der Waals surface area contributed by atoms with Crippen molar-refractivity contribution in [2.24, 2.45) is 5.73 Å². The van der Waals surface area contributed by atoms with E-state index in [1.54, 1.807) is 20.8 Å². The maximum absolute atomic E-state index is 11.7. The van der Waals surface area contributed by atoms with Crippen LogP contribution >= 0.6 is 0 Å². The van der Waals surface area contributed by atoms with Crippen LogP contribution in [-0.4, -0.2) is 31.8 Å². The van der Waals surface area contributed by atoms with E-state index in [0.717, 1.165) is 18.2 Å². The lowest BCUT2D eigenvalue weighted by molar-refractivity contribution is -0.154. The first-order valence-electron chi connectivity index (χ1n) is 6.94. The van der Waals surface area contributed by atoms with Gasteiger partial charge in [-0.3, -0.25) is 4.79 Å². The van der Waals surface area contributed by atoms with Gasteiger partial charge in [-0.25, -0.2) is 8.42 Å². The first-order valence-corrected chi connectivity index (χ1v) is 8.65. The second-order valence-corrected chi connectivity index (χ2v) is 7.86. The monoisotopic (exact) mass is 305 g/mol. The minimum Gasteiger partial charge on any atom is -0.460 e. The van der Waals surface area contributed by atoms with Gasteiger partial charge in [0.1, 0.15) is 5.60 Å². The van der Waals surface area contributed by atoms with Crippen LogP contribution in [0.4, 0.5) is 0 Å². The molecule has 0 bridgehead atoms. The molecule has 0 amide bonds. The van der Waals surface area contributed by atoms with Crippen molar-refractivity contribution in [2.45, 2.75) is 65.0 Å². The molecule has 0 spiro atoms. The van der Waals surface area contributed by atoms with Gasteiger partial charge in [0.05, 0.1) is 12.2 Å². The summed E-state index contributed by atoms with van der Waals surface area (Å²) in [6.45, 7) is 7.32. The summed E-state index contributed by atoms with van der Waals surface area (Å²) in [6.07, 6.45) is 3.82. The van der Waals surface area contributed by atoms with Gasteiger partial charge < -0.3 is 10.5 Å². The van der Waals surface area contributed by atoms with Gasteiger partial charge in [-0.1, -0.05) is 25.8 Å². The highest BCUT2D eigenvalue weighted by atomic mass is 32.2. The third-order valence-corrected chi connectivity index (χ3v) is 3.82. The Balaban J connectivity index is 4.28. The Morgan fingerprint density at radius 1 is 1.30 bits per heavy atom. The average Bonchev–Trinajstić information content (AvgIpc) is 2.24. The summed E-state index contributed by atoms with van der Waals surface area (Å²) in [5.41, 5.74) is 5.14. The average molecular weight is 305 g/mol. The van der Waals surface area contributed by atoms with Gasteiger partial charge in [0.25, 0.3) is 0 Å². The highest BCUT2D eigenvalue weighted by molar-refractivity contribution is 7.94. The van der Waals surface area contributed by atoms with Crippen LogP contribution in [0.2, 0.25) is 0 Å². The maximum Gasteiger partial charge on any atom is 0.308 e. The van der Waals surface area contributed by atoms with Crippen LogP contribution < -0.4 is 5.73 Å². The van der Waals surface area contributed by atoms with Gasteiger partial charge in [-0.05, 0) is 27.2 Å². The summed E-state index contributed by atoms with van der Waals surface area (Å²) < 4.78 is 28.4. The molecule has 6 heteroatoms.